The average Bonchev–Trinajstić information content (AvgIpc) is 2.23. The molecule has 8 nitrogen and oxygen atoms in total. The fraction of sp³-hybridized carbons (Fsp3) is 0.429. The predicted octanol–water partition coefficient (Wildman–Crippen LogP) is -0.464. The maximum absolute atomic E-state index is 11.9. The monoisotopic (exact) mass is 278 g/mol. The lowest BCUT2D eigenvalue weighted by atomic mass is 10.4. The van der Waals surface area contributed by atoms with Crippen molar-refractivity contribution in [1.82, 2.24) is 9.55 Å². The van der Waals surface area contributed by atoms with E-state index in [9.17, 15) is 13.2 Å². The first kappa shape index (κ1) is 12.2. The van der Waals surface area contributed by atoms with Crippen LogP contribution in [-0.2, 0) is 16.8 Å². The van der Waals surface area contributed by atoms with Crippen LogP contribution in [0.15, 0.2) is 9.95 Å². The Balaban J connectivity index is 2.57. The molecule has 1 aromatic rings. The van der Waals surface area contributed by atoms with Crippen molar-refractivity contribution in [1.29, 1.82) is 0 Å². The van der Waals surface area contributed by atoms with Gasteiger partial charge in [-0.15, -0.1) is 0 Å². The number of hydrogen-bond acceptors (Lipinski definition) is 6. The van der Waals surface area contributed by atoms with Gasteiger partial charge < -0.3 is 5.73 Å². The molecule has 0 unspecified atom stereocenters. The largest absolute Gasteiger partial charge is 0.382 e. The van der Waals surface area contributed by atoms with E-state index in [1.165, 1.54) is 16.3 Å². The van der Waals surface area contributed by atoms with E-state index >= 15 is 0 Å². The Hall–Kier alpha value is -1.26. The van der Waals surface area contributed by atoms with Crippen LogP contribution in [0, 0.1) is 0 Å². The summed E-state index contributed by atoms with van der Waals surface area (Å²) in [5.74, 6) is 0.588. The quantitative estimate of drug-likeness (QED) is 0.493. The zero-order valence-electron chi connectivity index (χ0n) is 8.58. The second kappa shape index (κ2) is 4.20. The molecule has 0 aromatic carbocycles. The van der Waals surface area contributed by atoms with Gasteiger partial charge in [0, 0.05) is 12.3 Å². The number of nitrogen functional groups attached to an aromatic ring is 1. The summed E-state index contributed by atoms with van der Waals surface area (Å²) in [6.45, 7) is 0.453. The molecule has 1 aliphatic heterocycles. The molecule has 4 N–H and O–H groups in total. The van der Waals surface area contributed by atoms with Crippen LogP contribution in [0.25, 0.3) is 0 Å². The lowest BCUT2D eigenvalue weighted by Gasteiger charge is -2.18. The van der Waals surface area contributed by atoms with Crippen molar-refractivity contribution >= 4 is 33.6 Å². The van der Waals surface area contributed by atoms with Crippen LogP contribution < -0.4 is 16.0 Å². The summed E-state index contributed by atoms with van der Waals surface area (Å²) in [4.78, 5) is 15.8. The molecule has 0 saturated heterocycles. The van der Waals surface area contributed by atoms with Crippen LogP contribution in [0.1, 0.15) is 6.42 Å². The molecular weight excluding hydrogens is 268 g/mol. The molecular formula is C7H10N4O4S2. The molecule has 1 aromatic heterocycles. The van der Waals surface area contributed by atoms with Gasteiger partial charge in [0.25, 0.3) is 5.56 Å². The van der Waals surface area contributed by atoms with Gasteiger partial charge in [0.2, 0.25) is 0 Å². The van der Waals surface area contributed by atoms with Gasteiger partial charge in [-0.05, 0) is 6.42 Å². The topological polar surface area (TPSA) is 127 Å². The summed E-state index contributed by atoms with van der Waals surface area (Å²) in [6, 6.07) is 0. The number of rotatable bonds is 2. The Kier molecular flexibility index (Phi) is 3.02. The van der Waals surface area contributed by atoms with Gasteiger partial charge in [-0.2, -0.15) is 8.42 Å². The molecule has 2 heterocycles. The van der Waals surface area contributed by atoms with Crippen molar-refractivity contribution in [2.24, 2.45) is 0 Å². The van der Waals surface area contributed by atoms with E-state index in [4.69, 9.17) is 10.3 Å². The van der Waals surface area contributed by atoms with Crippen LogP contribution in [0.3, 0.4) is 0 Å². The third-order valence-electron chi connectivity index (χ3n) is 2.15. The summed E-state index contributed by atoms with van der Waals surface area (Å²) >= 11 is 1.38. The number of fused-ring (bicyclic) bond motifs is 1. The zero-order valence-corrected chi connectivity index (χ0v) is 10.2. The van der Waals surface area contributed by atoms with Gasteiger partial charge >= 0.3 is 10.3 Å². The van der Waals surface area contributed by atoms with Crippen molar-refractivity contribution in [2.75, 3.05) is 16.2 Å². The highest BCUT2D eigenvalue weighted by Gasteiger charge is 2.20. The zero-order chi connectivity index (χ0) is 12.6. The summed E-state index contributed by atoms with van der Waals surface area (Å²) in [7, 11) is -4.54. The van der Waals surface area contributed by atoms with Gasteiger partial charge in [0.1, 0.15) is 0 Å². The molecule has 94 valence electrons. The smallest absolute Gasteiger partial charge is 0.357 e. The van der Waals surface area contributed by atoms with E-state index in [0.29, 0.717) is 11.7 Å². The highest BCUT2D eigenvalue weighted by molar-refractivity contribution is 7.99. The first-order valence-electron chi connectivity index (χ1n) is 4.67. The molecule has 2 rings (SSSR count). The highest BCUT2D eigenvalue weighted by Crippen LogP contribution is 2.24. The van der Waals surface area contributed by atoms with E-state index in [1.54, 1.807) is 4.72 Å². The van der Waals surface area contributed by atoms with Crippen LogP contribution in [-0.4, -0.2) is 28.3 Å². The van der Waals surface area contributed by atoms with E-state index < -0.39 is 21.6 Å². The normalized spacial score (nSPS) is 15.4. The van der Waals surface area contributed by atoms with E-state index in [0.717, 1.165) is 12.2 Å². The van der Waals surface area contributed by atoms with Gasteiger partial charge in [-0.1, -0.05) is 11.8 Å². The molecule has 0 bridgehead atoms. The molecule has 0 spiro atoms. The molecule has 1 aliphatic rings. The number of aromatic nitrogens is 2. The van der Waals surface area contributed by atoms with Gasteiger partial charge in [0.15, 0.2) is 16.7 Å². The lowest BCUT2D eigenvalue weighted by molar-refractivity contribution is 0.489. The molecule has 0 atom stereocenters. The van der Waals surface area contributed by atoms with Crippen LogP contribution in [0.5, 0.6) is 0 Å². The Morgan fingerprint density at radius 2 is 2.24 bits per heavy atom. The molecule has 0 radical (unpaired) electrons. The fourth-order valence-electron chi connectivity index (χ4n) is 1.47. The van der Waals surface area contributed by atoms with Crippen molar-refractivity contribution in [3.05, 3.63) is 10.4 Å². The molecule has 0 saturated carbocycles. The predicted molar refractivity (Wildman–Crippen MR) is 63.4 cm³/mol. The summed E-state index contributed by atoms with van der Waals surface area (Å²) in [5, 5.41) is 0.458. The third-order valence-corrected chi connectivity index (χ3v) is 3.68. The van der Waals surface area contributed by atoms with Gasteiger partial charge in [0.05, 0.1) is 0 Å². The number of hydrogen-bond donors (Lipinski definition) is 3. The van der Waals surface area contributed by atoms with E-state index in [1.807, 2.05) is 0 Å². The van der Waals surface area contributed by atoms with E-state index in [2.05, 4.69) is 4.98 Å². The number of nitrogens with two attached hydrogens (primary N) is 1. The molecule has 17 heavy (non-hydrogen) atoms. The second-order valence-corrected chi connectivity index (χ2v) is 5.61. The average molecular weight is 278 g/mol. The van der Waals surface area contributed by atoms with Crippen LogP contribution >= 0.6 is 11.8 Å². The standard InChI is InChI=1S/C7H10N4O4S2/c8-5-4(10-17(13,14)15)6(12)11-2-1-3-16-7(11)9-5/h10H,1-3,8H2,(H,13,14,15). The fourth-order valence-corrected chi connectivity index (χ4v) is 2.87. The van der Waals surface area contributed by atoms with Crippen molar-refractivity contribution in [3.8, 4) is 0 Å². The second-order valence-electron chi connectivity index (χ2n) is 3.39. The molecule has 0 amide bonds. The van der Waals surface area contributed by atoms with E-state index in [-0.39, 0.29) is 5.82 Å². The number of nitrogens with one attached hydrogen (secondary N) is 1. The van der Waals surface area contributed by atoms with Gasteiger partial charge in [-0.3, -0.25) is 18.6 Å². The minimum absolute atomic E-state index is 0.242. The Bertz CT molecular complexity index is 609. The van der Waals surface area contributed by atoms with Crippen molar-refractivity contribution < 1.29 is 13.0 Å². The first-order chi connectivity index (χ1) is 7.88. The Morgan fingerprint density at radius 3 is 2.88 bits per heavy atom. The van der Waals surface area contributed by atoms with Gasteiger partial charge in [-0.25, -0.2) is 4.98 Å². The number of anilines is 2. The maximum atomic E-state index is 11.9. The highest BCUT2D eigenvalue weighted by atomic mass is 32.2. The Labute approximate surface area is 101 Å². The van der Waals surface area contributed by atoms with Crippen LogP contribution in [0.4, 0.5) is 11.5 Å². The summed E-state index contributed by atoms with van der Waals surface area (Å²) in [6.07, 6.45) is 0.786. The number of nitrogens with zero attached hydrogens (tertiary/aromatic N) is 2. The molecule has 0 fully saturated rings. The first-order valence-corrected chi connectivity index (χ1v) is 7.09. The number of thioether (sulfide) groups is 1. The SMILES string of the molecule is Nc1nc2n(c(=O)c1NS(=O)(=O)O)CCCS2. The summed E-state index contributed by atoms with van der Waals surface area (Å²) < 4.78 is 33.0. The summed E-state index contributed by atoms with van der Waals surface area (Å²) in [5.41, 5.74) is 4.46. The van der Waals surface area contributed by atoms with Crippen molar-refractivity contribution in [2.45, 2.75) is 18.1 Å². The third kappa shape index (κ3) is 2.53. The lowest BCUT2D eigenvalue weighted by Crippen LogP contribution is -2.31. The maximum Gasteiger partial charge on any atom is 0.357 e. The van der Waals surface area contributed by atoms with Crippen LogP contribution in [0.2, 0.25) is 0 Å². The van der Waals surface area contributed by atoms with Crippen molar-refractivity contribution in [3.63, 3.8) is 0 Å². The minimum Gasteiger partial charge on any atom is -0.382 e. The molecule has 10 heteroatoms. The Morgan fingerprint density at radius 1 is 1.53 bits per heavy atom. The minimum atomic E-state index is -4.54. The molecule has 0 aliphatic carbocycles.